The second-order valence-electron chi connectivity index (χ2n) is 7.84. The van der Waals surface area contributed by atoms with Crippen LogP contribution in [0.15, 0.2) is 70.1 Å². The Bertz CT molecular complexity index is 1230. The fraction of sp³-hybridized carbons (Fsp3) is 0.280. The van der Waals surface area contributed by atoms with E-state index in [1.165, 1.54) is 18.4 Å². The third-order valence-corrected chi connectivity index (χ3v) is 5.55. The van der Waals surface area contributed by atoms with Crippen molar-refractivity contribution in [3.63, 3.8) is 0 Å². The Kier molecular flexibility index (Phi) is 6.86. The lowest BCUT2D eigenvalue weighted by Crippen LogP contribution is -2.32. The molecule has 172 valence electrons. The van der Waals surface area contributed by atoms with Crippen LogP contribution in [0.25, 0.3) is 11.0 Å². The summed E-state index contributed by atoms with van der Waals surface area (Å²) in [6, 6.07) is 10.5. The van der Waals surface area contributed by atoms with E-state index in [9.17, 15) is 19.1 Å². The Balaban J connectivity index is 1.61. The van der Waals surface area contributed by atoms with Gasteiger partial charge in [0.1, 0.15) is 23.4 Å². The minimum atomic E-state index is -1.06. The zero-order valence-electron chi connectivity index (χ0n) is 17.6. The molecule has 0 radical (unpaired) electrons. The van der Waals surface area contributed by atoms with E-state index in [1.54, 1.807) is 30.3 Å². The van der Waals surface area contributed by atoms with Crippen LogP contribution in [0.5, 0.6) is 5.75 Å². The van der Waals surface area contributed by atoms with Crippen LogP contribution in [0.3, 0.4) is 0 Å². The summed E-state index contributed by atoms with van der Waals surface area (Å²) in [5.74, 6) is -1.57. The maximum Gasteiger partial charge on any atom is 0.303 e. The minimum Gasteiger partial charge on any atom is -0.508 e. The Labute approximate surface area is 188 Å². The van der Waals surface area contributed by atoms with Crippen LogP contribution in [0, 0.1) is 11.7 Å². The van der Waals surface area contributed by atoms with E-state index in [1.807, 2.05) is 6.08 Å². The molecule has 0 spiro atoms. The number of hydrogen-bond acceptors (Lipinski definition) is 6. The quantitative estimate of drug-likeness (QED) is 0.492. The molecule has 0 bridgehead atoms. The second-order valence-corrected chi connectivity index (χ2v) is 7.84. The highest BCUT2D eigenvalue weighted by atomic mass is 19.1. The molecule has 2 heterocycles. The molecule has 1 aliphatic rings. The van der Waals surface area contributed by atoms with Crippen LogP contribution < -0.4 is 5.43 Å². The van der Waals surface area contributed by atoms with Crippen LogP contribution >= 0.6 is 0 Å². The molecule has 8 heteroatoms. The first-order valence-electron chi connectivity index (χ1n) is 10.6. The molecule has 1 aromatic heterocycles. The lowest BCUT2D eigenvalue weighted by atomic mass is 9.91. The summed E-state index contributed by atoms with van der Waals surface area (Å²) >= 11 is 0. The summed E-state index contributed by atoms with van der Waals surface area (Å²) in [6.07, 6.45) is 4.20. The zero-order valence-corrected chi connectivity index (χ0v) is 17.6. The highest BCUT2D eigenvalue weighted by Crippen LogP contribution is 2.42. The minimum absolute atomic E-state index is 0.0392. The lowest BCUT2D eigenvalue weighted by molar-refractivity contribution is -0.244. The highest BCUT2D eigenvalue weighted by molar-refractivity contribution is 5.76. The molecule has 0 aliphatic carbocycles. The second kappa shape index (κ2) is 9.97. The number of rotatable bonds is 7. The van der Waals surface area contributed by atoms with Gasteiger partial charge >= 0.3 is 5.97 Å². The summed E-state index contributed by atoms with van der Waals surface area (Å²) in [5, 5.41) is 19.3. The van der Waals surface area contributed by atoms with E-state index in [-0.39, 0.29) is 41.2 Å². The largest absolute Gasteiger partial charge is 0.508 e. The van der Waals surface area contributed by atoms with Crippen molar-refractivity contribution in [2.75, 3.05) is 6.61 Å². The van der Waals surface area contributed by atoms with Crippen molar-refractivity contribution < 1.29 is 33.3 Å². The molecule has 1 aliphatic heterocycles. The normalized spacial score (nSPS) is 20.9. The third kappa shape index (κ3) is 5.13. The van der Waals surface area contributed by atoms with Gasteiger partial charge in [0.25, 0.3) is 0 Å². The number of hydrogen-bond donors (Lipinski definition) is 2. The standard InChI is InChI=1S/C25H23FO7/c26-16-10-11-21-18(12-16)23(30)19(14-31-21)25-32-13-15(6-2-1-3-9-22(28)29)24(33-25)17-7-4-5-8-20(17)27/h1-2,4-5,7-8,10-12,14-15,24-25,27H,3,6,9,13H2,(H,28,29)/t15-,24+,25?/m1/s1. The molecule has 1 fully saturated rings. The summed E-state index contributed by atoms with van der Waals surface area (Å²) in [6.45, 7) is 0.216. The van der Waals surface area contributed by atoms with E-state index in [2.05, 4.69) is 0 Å². The van der Waals surface area contributed by atoms with E-state index >= 15 is 0 Å². The molecule has 4 rings (SSSR count). The first-order chi connectivity index (χ1) is 15.9. The average Bonchev–Trinajstić information content (AvgIpc) is 2.80. The molecule has 2 aromatic carbocycles. The van der Waals surface area contributed by atoms with Crippen molar-refractivity contribution in [3.05, 3.63) is 88.0 Å². The van der Waals surface area contributed by atoms with Crippen LogP contribution in [-0.4, -0.2) is 22.8 Å². The number of ether oxygens (including phenoxy) is 2. The number of carboxylic acids is 1. The molecule has 0 amide bonds. The van der Waals surface area contributed by atoms with Gasteiger partial charge in [0.2, 0.25) is 5.43 Å². The highest BCUT2D eigenvalue weighted by Gasteiger charge is 2.36. The van der Waals surface area contributed by atoms with Crippen LogP contribution in [0.4, 0.5) is 4.39 Å². The molecule has 0 saturated carbocycles. The average molecular weight is 454 g/mol. The van der Waals surface area contributed by atoms with E-state index in [4.69, 9.17) is 19.0 Å². The number of carboxylic acid groups (broad SMARTS) is 1. The summed E-state index contributed by atoms with van der Waals surface area (Å²) in [4.78, 5) is 23.7. The van der Waals surface area contributed by atoms with E-state index in [0.717, 1.165) is 6.07 Å². The topological polar surface area (TPSA) is 106 Å². The van der Waals surface area contributed by atoms with Gasteiger partial charge in [0.15, 0.2) is 6.29 Å². The van der Waals surface area contributed by atoms with Gasteiger partial charge in [-0.1, -0.05) is 30.4 Å². The van der Waals surface area contributed by atoms with Crippen molar-refractivity contribution in [2.45, 2.75) is 31.7 Å². The number of benzene rings is 2. The summed E-state index contributed by atoms with van der Waals surface area (Å²) < 4.78 is 31.2. The van der Waals surface area contributed by atoms with Gasteiger partial charge in [0.05, 0.1) is 23.7 Å². The van der Waals surface area contributed by atoms with Crippen molar-refractivity contribution >= 4 is 16.9 Å². The smallest absolute Gasteiger partial charge is 0.303 e. The fourth-order valence-electron chi connectivity index (χ4n) is 3.87. The van der Waals surface area contributed by atoms with Gasteiger partial charge in [-0.2, -0.15) is 0 Å². The van der Waals surface area contributed by atoms with Crippen LogP contribution in [0.1, 0.15) is 42.8 Å². The number of carbonyl (C=O) groups is 1. The van der Waals surface area contributed by atoms with E-state index < -0.39 is 29.6 Å². The molecule has 7 nitrogen and oxygen atoms in total. The van der Waals surface area contributed by atoms with Gasteiger partial charge in [-0.15, -0.1) is 0 Å². The first-order valence-corrected chi connectivity index (χ1v) is 10.6. The number of halogens is 1. The molecular weight excluding hydrogens is 431 g/mol. The number of allylic oxidation sites excluding steroid dienone is 2. The van der Waals surface area contributed by atoms with Crippen LogP contribution in [0.2, 0.25) is 0 Å². The number of phenols is 1. The third-order valence-electron chi connectivity index (χ3n) is 5.55. The molecule has 33 heavy (non-hydrogen) atoms. The molecule has 1 unspecified atom stereocenters. The summed E-state index contributed by atoms with van der Waals surface area (Å²) in [5.41, 5.74) is 0.446. The molecule has 2 N–H and O–H groups in total. The Morgan fingerprint density at radius 3 is 2.76 bits per heavy atom. The lowest BCUT2D eigenvalue weighted by Gasteiger charge is -2.36. The monoisotopic (exact) mass is 454 g/mol. The SMILES string of the molecule is O=C(O)CCC=CC[C@@H]1COC(c2coc3ccc(F)cc3c2=O)O[C@@H]1c1ccccc1O. The number of aliphatic carboxylic acids is 1. The number of fused-ring (bicyclic) bond motifs is 1. The Morgan fingerprint density at radius 1 is 1.15 bits per heavy atom. The fourth-order valence-corrected chi connectivity index (χ4v) is 3.87. The summed E-state index contributed by atoms with van der Waals surface area (Å²) in [7, 11) is 0. The maximum absolute atomic E-state index is 13.7. The number of aromatic hydroxyl groups is 1. The zero-order chi connectivity index (χ0) is 23.4. The van der Waals surface area contributed by atoms with Gasteiger partial charge < -0.3 is 24.1 Å². The number of phenolic OH excluding ortho intramolecular Hbond substituents is 1. The Hall–Kier alpha value is -3.49. The Morgan fingerprint density at radius 2 is 1.97 bits per heavy atom. The predicted molar refractivity (Wildman–Crippen MR) is 117 cm³/mol. The molecular formula is C25H23FO7. The van der Waals surface area contributed by atoms with Gasteiger partial charge in [-0.3, -0.25) is 9.59 Å². The van der Waals surface area contributed by atoms with Crippen molar-refractivity contribution in [3.8, 4) is 5.75 Å². The van der Waals surface area contributed by atoms with Gasteiger partial charge in [0, 0.05) is 17.9 Å². The van der Waals surface area contributed by atoms with Gasteiger partial charge in [-0.05, 0) is 37.1 Å². The van der Waals surface area contributed by atoms with Gasteiger partial charge in [-0.25, -0.2) is 4.39 Å². The van der Waals surface area contributed by atoms with E-state index in [0.29, 0.717) is 18.4 Å². The van der Waals surface area contributed by atoms with Crippen molar-refractivity contribution in [1.29, 1.82) is 0 Å². The van der Waals surface area contributed by atoms with Crippen molar-refractivity contribution in [2.24, 2.45) is 5.92 Å². The van der Waals surface area contributed by atoms with Crippen LogP contribution in [-0.2, 0) is 14.3 Å². The molecule has 3 atom stereocenters. The maximum atomic E-state index is 13.7. The van der Waals surface area contributed by atoms with Crippen molar-refractivity contribution in [1.82, 2.24) is 0 Å². The number of para-hydroxylation sites is 1. The molecule has 1 saturated heterocycles. The molecule has 3 aromatic rings. The predicted octanol–water partition coefficient (Wildman–Crippen LogP) is 4.85. The first kappa shape index (κ1) is 22.7.